The number of hydrogen-bond donors (Lipinski definition) is 1. The van der Waals surface area contributed by atoms with E-state index < -0.39 is 0 Å². The van der Waals surface area contributed by atoms with Crippen LogP contribution in [-0.4, -0.2) is 58.5 Å². The van der Waals surface area contributed by atoms with Crippen molar-refractivity contribution < 1.29 is 4.74 Å². The van der Waals surface area contributed by atoms with Crippen LogP contribution in [0.1, 0.15) is 19.2 Å². The Hall–Kier alpha value is -1.73. The first-order valence-electron chi connectivity index (χ1n) is 7.52. The summed E-state index contributed by atoms with van der Waals surface area (Å²) >= 11 is 0. The van der Waals surface area contributed by atoms with Gasteiger partial charge in [-0.25, -0.2) is 4.98 Å². The zero-order valence-electron chi connectivity index (χ0n) is 12.6. The summed E-state index contributed by atoms with van der Waals surface area (Å²) in [6, 6.07) is 0.279. The van der Waals surface area contributed by atoms with Crippen molar-refractivity contribution in [3.63, 3.8) is 0 Å². The largest absolute Gasteiger partial charge is 0.377 e. The van der Waals surface area contributed by atoms with Crippen LogP contribution in [0, 0.1) is 6.92 Å². The van der Waals surface area contributed by atoms with E-state index in [4.69, 9.17) is 4.74 Å². The van der Waals surface area contributed by atoms with Gasteiger partial charge in [0.1, 0.15) is 5.82 Å². The Kier molecular flexibility index (Phi) is 4.31. The van der Waals surface area contributed by atoms with Crippen molar-refractivity contribution in [1.29, 1.82) is 0 Å². The standard InChI is InChI=1S/C14H22N6O/c1-3-4-15-9-12-10-21-8-7-20(12)13-14-18-17-11(2)19(14)6-5-16-13/h5-6,12,15H,3-4,7-10H2,1-2H3. The van der Waals surface area contributed by atoms with Crippen LogP contribution in [-0.2, 0) is 4.74 Å². The minimum absolute atomic E-state index is 0.279. The number of rotatable bonds is 5. The number of fused-ring (bicyclic) bond motifs is 1. The van der Waals surface area contributed by atoms with E-state index in [-0.39, 0.29) is 6.04 Å². The van der Waals surface area contributed by atoms with Gasteiger partial charge in [0.05, 0.1) is 19.3 Å². The molecular formula is C14H22N6O. The fourth-order valence-corrected chi connectivity index (χ4v) is 2.68. The molecular weight excluding hydrogens is 268 g/mol. The quantitative estimate of drug-likeness (QED) is 0.815. The second-order valence-electron chi connectivity index (χ2n) is 5.32. The fourth-order valence-electron chi connectivity index (χ4n) is 2.68. The molecule has 1 saturated heterocycles. The smallest absolute Gasteiger partial charge is 0.203 e. The molecule has 7 heteroatoms. The van der Waals surface area contributed by atoms with Gasteiger partial charge in [0.25, 0.3) is 0 Å². The number of nitrogens with zero attached hydrogens (tertiary/aromatic N) is 5. The predicted molar refractivity (Wildman–Crippen MR) is 80.6 cm³/mol. The van der Waals surface area contributed by atoms with Gasteiger partial charge < -0.3 is 15.0 Å². The highest BCUT2D eigenvalue weighted by Gasteiger charge is 2.26. The first kappa shape index (κ1) is 14.2. The lowest BCUT2D eigenvalue weighted by Gasteiger charge is -2.36. The van der Waals surface area contributed by atoms with Gasteiger partial charge in [0.15, 0.2) is 5.82 Å². The van der Waals surface area contributed by atoms with Gasteiger partial charge >= 0.3 is 0 Å². The normalized spacial score (nSPS) is 19.3. The lowest BCUT2D eigenvalue weighted by Crippen LogP contribution is -2.51. The molecule has 2 aromatic heterocycles. The molecule has 0 radical (unpaired) electrons. The first-order valence-corrected chi connectivity index (χ1v) is 7.52. The molecule has 1 fully saturated rings. The maximum Gasteiger partial charge on any atom is 0.203 e. The highest BCUT2D eigenvalue weighted by atomic mass is 16.5. The Bertz CT molecular complexity index is 598. The molecule has 7 nitrogen and oxygen atoms in total. The van der Waals surface area contributed by atoms with Crippen LogP contribution in [0.3, 0.4) is 0 Å². The molecule has 114 valence electrons. The highest BCUT2D eigenvalue weighted by Crippen LogP contribution is 2.21. The van der Waals surface area contributed by atoms with E-state index in [0.717, 1.165) is 50.0 Å². The molecule has 0 bridgehead atoms. The van der Waals surface area contributed by atoms with Gasteiger partial charge in [0.2, 0.25) is 5.65 Å². The maximum absolute atomic E-state index is 5.63. The zero-order valence-corrected chi connectivity index (χ0v) is 12.6. The number of aryl methyl sites for hydroxylation is 1. The highest BCUT2D eigenvalue weighted by molar-refractivity contribution is 5.64. The molecule has 0 aliphatic carbocycles. The molecule has 2 aromatic rings. The van der Waals surface area contributed by atoms with Crippen LogP contribution in [0.25, 0.3) is 5.65 Å². The van der Waals surface area contributed by atoms with Crippen molar-refractivity contribution in [3.05, 3.63) is 18.2 Å². The predicted octanol–water partition coefficient (Wildman–Crippen LogP) is 0.638. The third kappa shape index (κ3) is 2.84. The van der Waals surface area contributed by atoms with Crippen LogP contribution < -0.4 is 10.2 Å². The van der Waals surface area contributed by atoms with Gasteiger partial charge in [-0.2, -0.15) is 0 Å². The van der Waals surface area contributed by atoms with E-state index in [2.05, 4.69) is 32.3 Å². The van der Waals surface area contributed by atoms with Gasteiger partial charge in [-0.05, 0) is 19.9 Å². The Morgan fingerprint density at radius 1 is 1.43 bits per heavy atom. The first-order chi connectivity index (χ1) is 10.3. The van der Waals surface area contributed by atoms with E-state index in [0.29, 0.717) is 6.61 Å². The second kappa shape index (κ2) is 6.36. The summed E-state index contributed by atoms with van der Waals surface area (Å²) in [7, 11) is 0. The van der Waals surface area contributed by atoms with E-state index in [1.54, 1.807) is 0 Å². The number of morpholine rings is 1. The molecule has 0 saturated carbocycles. The van der Waals surface area contributed by atoms with Gasteiger partial charge in [-0.3, -0.25) is 4.40 Å². The molecule has 1 N–H and O–H groups in total. The Morgan fingerprint density at radius 2 is 2.33 bits per heavy atom. The monoisotopic (exact) mass is 290 g/mol. The fraction of sp³-hybridized carbons (Fsp3) is 0.643. The second-order valence-corrected chi connectivity index (χ2v) is 5.32. The van der Waals surface area contributed by atoms with Gasteiger partial charge in [0, 0.05) is 25.5 Å². The summed E-state index contributed by atoms with van der Waals surface area (Å²) in [5, 5.41) is 11.9. The number of nitrogens with one attached hydrogen (secondary N) is 1. The third-order valence-electron chi connectivity index (χ3n) is 3.79. The van der Waals surface area contributed by atoms with E-state index in [9.17, 15) is 0 Å². The summed E-state index contributed by atoms with van der Waals surface area (Å²) in [6.07, 6.45) is 4.84. The molecule has 1 unspecified atom stereocenters. The molecule has 3 heterocycles. The van der Waals surface area contributed by atoms with Crippen LogP contribution >= 0.6 is 0 Å². The lowest BCUT2D eigenvalue weighted by molar-refractivity contribution is 0.0935. The molecule has 21 heavy (non-hydrogen) atoms. The van der Waals surface area contributed by atoms with Crippen LogP contribution in [0.15, 0.2) is 12.4 Å². The molecule has 1 atom stereocenters. The van der Waals surface area contributed by atoms with Crippen molar-refractivity contribution >= 4 is 11.5 Å². The Morgan fingerprint density at radius 3 is 3.19 bits per heavy atom. The summed E-state index contributed by atoms with van der Waals surface area (Å²) in [6.45, 7) is 8.30. The summed E-state index contributed by atoms with van der Waals surface area (Å²) in [5.41, 5.74) is 0.817. The third-order valence-corrected chi connectivity index (χ3v) is 3.79. The number of ether oxygens (including phenoxy) is 1. The van der Waals surface area contributed by atoms with E-state index >= 15 is 0 Å². The molecule has 0 aromatic carbocycles. The van der Waals surface area contributed by atoms with Crippen molar-refractivity contribution in [2.75, 3.05) is 37.7 Å². The molecule has 3 rings (SSSR count). The van der Waals surface area contributed by atoms with Crippen molar-refractivity contribution in [2.45, 2.75) is 26.3 Å². The summed E-state index contributed by atoms with van der Waals surface area (Å²) in [4.78, 5) is 6.83. The van der Waals surface area contributed by atoms with Crippen molar-refractivity contribution in [2.24, 2.45) is 0 Å². The lowest BCUT2D eigenvalue weighted by atomic mass is 10.2. The van der Waals surface area contributed by atoms with Gasteiger partial charge in [-0.1, -0.05) is 6.92 Å². The van der Waals surface area contributed by atoms with Gasteiger partial charge in [-0.15, -0.1) is 10.2 Å². The van der Waals surface area contributed by atoms with Crippen LogP contribution in [0.4, 0.5) is 5.82 Å². The zero-order chi connectivity index (χ0) is 14.7. The number of aromatic nitrogens is 4. The van der Waals surface area contributed by atoms with Crippen molar-refractivity contribution in [3.8, 4) is 0 Å². The summed E-state index contributed by atoms with van der Waals surface area (Å²) < 4.78 is 7.61. The average molecular weight is 290 g/mol. The minimum Gasteiger partial charge on any atom is -0.377 e. The number of anilines is 1. The van der Waals surface area contributed by atoms with Crippen LogP contribution in [0.2, 0.25) is 0 Å². The Labute approximate surface area is 124 Å². The topological polar surface area (TPSA) is 67.6 Å². The number of hydrogen-bond acceptors (Lipinski definition) is 6. The Balaban J connectivity index is 1.87. The molecule has 1 aliphatic rings. The molecule has 0 amide bonds. The molecule has 1 aliphatic heterocycles. The minimum atomic E-state index is 0.279. The SMILES string of the molecule is CCCNCC1COCCN1c1nccn2c(C)nnc12. The molecule has 0 spiro atoms. The maximum atomic E-state index is 5.63. The average Bonchev–Trinajstić information content (AvgIpc) is 2.90. The van der Waals surface area contributed by atoms with E-state index in [1.165, 1.54) is 0 Å². The van der Waals surface area contributed by atoms with Crippen LogP contribution in [0.5, 0.6) is 0 Å². The summed E-state index contributed by atoms with van der Waals surface area (Å²) in [5.74, 6) is 1.77. The van der Waals surface area contributed by atoms with E-state index in [1.807, 2.05) is 23.7 Å². The van der Waals surface area contributed by atoms with Crippen molar-refractivity contribution in [1.82, 2.24) is 24.9 Å².